The van der Waals surface area contributed by atoms with Crippen LogP contribution in [0.5, 0.6) is 0 Å². The molecule has 1 aliphatic rings. The SMILES string of the molecule is C=C(C)C.NCCNCCN.O=C1CCC(=O)O1. The highest BCUT2D eigenvalue weighted by Crippen LogP contribution is 2.03. The molecule has 1 rings (SSSR count). The summed E-state index contributed by atoms with van der Waals surface area (Å²) in [6.07, 6.45) is 0.525. The first-order valence-electron chi connectivity index (χ1n) is 5.90. The average molecular weight is 259 g/mol. The molecule has 1 saturated heterocycles. The fourth-order valence-electron chi connectivity index (χ4n) is 0.762. The van der Waals surface area contributed by atoms with E-state index in [4.69, 9.17) is 11.5 Å². The van der Waals surface area contributed by atoms with E-state index in [1.54, 1.807) is 0 Å². The molecule has 0 amide bonds. The summed E-state index contributed by atoms with van der Waals surface area (Å²) < 4.78 is 4.08. The molecular weight excluding hydrogens is 234 g/mol. The molecule has 0 saturated carbocycles. The van der Waals surface area contributed by atoms with E-state index in [2.05, 4.69) is 16.6 Å². The number of ether oxygens (including phenoxy) is 1. The van der Waals surface area contributed by atoms with Crippen molar-refractivity contribution in [3.63, 3.8) is 0 Å². The monoisotopic (exact) mass is 259 g/mol. The average Bonchev–Trinajstić information content (AvgIpc) is 2.63. The van der Waals surface area contributed by atoms with Crippen LogP contribution in [0.4, 0.5) is 0 Å². The second kappa shape index (κ2) is 13.8. The fourth-order valence-corrected chi connectivity index (χ4v) is 0.762. The van der Waals surface area contributed by atoms with Crippen molar-refractivity contribution in [2.45, 2.75) is 26.7 Å². The maximum atomic E-state index is 10.0. The van der Waals surface area contributed by atoms with Gasteiger partial charge in [0.1, 0.15) is 0 Å². The summed E-state index contributed by atoms with van der Waals surface area (Å²) >= 11 is 0. The van der Waals surface area contributed by atoms with Crippen LogP contribution >= 0.6 is 0 Å². The number of nitrogens with two attached hydrogens (primary N) is 2. The van der Waals surface area contributed by atoms with E-state index in [9.17, 15) is 9.59 Å². The van der Waals surface area contributed by atoms with Crippen molar-refractivity contribution in [2.24, 2.45) is 11.5 Å². The zero-order valence-corrected chi connectivity index (χ0v) is 11.3. The Morgan fingerprint density at radius 1 is 1.17 bits per heavy atom. The first-order chi connectivity index (χ1) is 8.43. The summed E-state index contributed by atoms with van der Waals surface area (Å²) in [5, 5.41) is 3.03. The summed E-state index contributed by atoms with van der Waals surface area (Å²) in [6.45, 7) is 10.6. The maximum absolute atomic E-state index is 10.0. The standard InChI is InChI=1S/C4H13N3.C4H4O3.C4H8/c5-1-3-7-4-2-6;5-3-1-2-4(6)7-3;1-4(2)3/h7H,1-6H2;1-2H2;1H2,2-3H3. The number of cyclic esters (lactones) is 2. The van der Waals surface area contributed by atoms with Crippen LogP contribution < -0.4 is 16.8 Å². The zero-order valence-electron chi connectivity index (χ0n) is 11.3. The smallest absolute Gasteiger partial charge is 0.314 e. The highest BCUT2D eigenvalue weighted by Gasteiger charge is 2.19. The van der Waals surface area contributed by atoms with Crippen LogP contribution in [-0.4, -0.2) is 38.1 Å². The van der Waals surface area contributed by atoms with Gasteiger partial charge in [0.2, 0.25) is 0 Å². The Labute approximate surface area is 109 Å². The minimum atomic E-state index is -0.398. The van der Waals surface area contributed by atoms with Crippen LogP contribution in [0, 0.1) is 0 Å². The molecule has 5 N–H and O–H groups in total. The number of carbonyl (C=O) groups excluding carboxylic acids is 2. The predicted octanol–water partition coefficient (Wildman–Crippen LogP) is -0.0742. The molecular formula is C12H25N3O3. The molecule has 0 atom stereocenters. The highest BCUT2D eigenvalue weighted by atomic mass is 16.6. The van der Waals surface area contributed by atoms with Crippen LogP contribution in [0.25, 0.3) is 0 Å². The molecule has 0 bridgehead atoms. The normalized spacial score (nSPS) is 12.9. The number of hydrogen-bond acceptors (Lipinski definition) is 6. The molecule has 18 heavy (non-hydrogen) atoms. The van der Waals surface area contributed by atoms with Crippen molar-refractivity contribution >= 4 is 11.9 Å². The van der Waals surface area contributed by atoms with Crippen LogP contribution in [0.2, 0.25) is 0 Å². The Morgan fingerprint density at radius 3 is 1.67 bits per heavy atom. The molecule has 0 aliphatic carbocycles. The molecule has 6 nitrogen and oxygen atoms in total. The number of carbonyl (C=O) groups is 2. The molecule has 106 valence electrons. The molecule has 0 spiro atoms. The predicted molar refractivity (Wildman–Crippen MR) is 71.8 cm³/mol. The molecule has 6 heteroatoms. The first kappa shape index (κ1) is 19.1. The van der Waals surface area contributed by atoms with Crippen LogP contribution in [0.3, 0.4) is 0 Å². The lowest BCUT2D eigenvalue weighted by molar-refractivity contribution is -0.151. The molecule has 0 aromatic carbocycles. The van der Waals surface area contributed by atoms with Crippen molar-refractivity contribution in [1.82, 2.24) is 5.32 Å². The highest BCUT2D eigenvalue weighted by molar-refractivity contribution is 5.92. The van der Waals surface area contributed by atoms with E-state index in [0.29, 0.717) is 13.1 Å². The van der Waals surface area contributed by atoms with E-state index >= 15 is 0 Å². The molecule has 1 aliphatic heterocycles. The topological polar surface area (TPSA) is 107 Å². The molecule has 0 radical (unpaired) electrons. The van der Waals surface area contributed by atoms with Gasteiger partial charge in [-0.2, -0.15) is 0 Å². The van der Waals surface area contributed by atoms with E-state index in [1.807, 2.05) is 13.8 Å². The Morgan fingerprint density at radius 2 is 1.50 bits per heavy atom. The summed E-state index contributed by atoms with van der Waals surface area (Å²) in [4.78, 5) is 20.0. The van der Waals surface area contributed by atoms with Gasteiger partial charge < -0.3 is 21.5 Å². The van der Waals surface area contributed by atoms with Crippen LogP contribution in [0.15, 0.2) is 12.2 Å². The van der Waals surface area contributed by atoms with Gasteiger partial charge in [0.15, 0.2) is 0 Å². The number of rotatable bonds is 4. The molecule has 1 fully saturated rings. The Kier molecular flexibility index (Phi) is 14.7. The lowest BCUT2D eigenvalue weighted by Crippen LogP contribution is -2.27. The lowest BCUT2D eigenvalue weighted by atomic mass is 10.4. The van der Waals surface area contributed by atoms with Gasteiger partial charge >= 0.3 is 11.9 Å². The first-order valence-corrected chi connectivity index (χ1v) is 5.90. The van der Waals surface area contributed by atoms with Crippen LogP contribution in [0.1, 0.15) is 26.7 Å². The van der Waals surface area contributed by atoms with Crippen molar-refractivity contribution in [3.05, 3.63) is 12.2 Å². The molecule has 0 aromatic rings. The second-order valence-corrected chi connectivity index (χ2v) is 3.88. The van der Waals surface area contributed by atoms with E-state index < -0.39 is 11.9 Å². The second-order valence-electron chi connectivity index (χ2n) is 3.88. The summed E-state index contributed by atoms with van der Waals surface area (Å²) in [6, 6.07) is 0. The van der Waals surface area contributed by atoms with E-state index in [1.165, 1.54) is 5.57 Å². The van der Waals surface area contributed by atoms with Gasteiger partial charge in [0, 0.05) is 26.2 Å². The Bertz CT molecular complexity index is 233. The molecule has 1 heterocycles. The van der Waals surface area contributed by atoms with E-state index in [0.717, 1.165) is 13.1 Å². The minimum absolute atomic E-state index is 0.263. The number of esters is 2. The number of hydrogen-bond donors (Lipinski definition) is 3. The lowest BCUT2D eigenvalue weighted by Gasteiger charge is -1.95. The largest absolute Gasteiger partial charge is 0.393 e. The Hall–Kier alpha value is -1.24. The van der Waals surface area contributed by atoms with Crippen molar-refractivity contribution in [3.8, 4) is 0 Å². The van der Waals surface area contributed by atoms with Gasteiger partial charge in [-0.15, -0.1) is 6.58 Å². The minimum Gasteiger partial charge on any atom is -0.393 e. The van der Waals surface area contributed by atoms with Gasteiger partial charge in [0.25, 0.3) is 0 Å². The molecule has 0 aromatic heterocycles. The third-order valence-electron chi connectivity index (χ3n) is 1.40. The van der Waals surface area contributed by atoms with Crippen molar-refractivity contribution in [2.75, 3.05) is 26.2 Å². The van der Waals surface area contributed by atoms with Crippen molar-refractivity contribution in [1.29, 1.82) is 0 Å². The van der Waals surface area contributed by atoms with E-state index in [-0.39, 0.29) is 12.8 Å². The number of nitrogens with one attached hydrogen (secondary N) is 1. The maximum Gasteiger partial charge on any atom is 0.314 e. The van der Waals surface area contributed by atoms with Crippen LogP contribution in [-0.2, 0) is 14.3 Å². The summed E-state index contributed by atoms with van der Waals surface area (Å²) in [5.74, 6) is -0.796. The zero-order chi connectivity index (χ0) is 14.4. The third-order valence-corrected chi connectivity index (χ3v) is 1.40. The van der Waals surface area contributed by atoms with Crippen molar-refractivity contribution < 1.29 is 14.3 Å². The number of allylic oxidation sites excluding steroid dienone is 1. The summed E-state index contributed by atoms with van der Waals surface area (Å²) in [7, 11) is 0. The third kappa shape index (κ3) is 20.2. The van der Waals surface area contributed by atoms with Gasteiger partial charge in [-0.3, -0.25) is 9.59 Å². The molecule has 0 unspecified atom stereocenters. The van der Waals surface area contributed by atoms with Gasteiger partial charge in [-0.1, -0.05) is 5.57 Å². The quantitative estimate of drug-likeness (QED) is 0.282. The van der Waals surface area contributed by atoms with Gasteiger partial charge in [-0.25, -0.2) is 0 Å². The van der Waals surface area contributed by atoms with Gasteiger partial charge in [0.05, 0.1) is 12.8 Å². The van der Waals surface area contributed by atoms with Gasteiger partial charge in [-0.05, 0) is 13.8 Å². The summed E-state index contributed by atoms with van der Waals surface area (Å²) in [5.41, 5.74) is 11.5. The fraction of sp³-hybridized carbons (Fsp3) is 0.667. The Balaban J connectivity index is 0.